The van der Waals surface area contributed by atoms with E-state index < -0.39 is 18.6 Å². The Morgan fingerprint density at radius 1 is 1.17 bits per heavy atom. The fraction of sp³-hybridized carbons (Fsp3) is 0.222. The van der Waals surface area contributed by atoms with Crippen LogP contribution < -0.4 is 10.8 Å². The fourth-order valence-electron chi connectivity index (χ4n) is 2.41. The first-order valence-corrected chi connectivity index (χ1v) is 7.51. The highest BCUT2D eigenvalue weighted by Crippen LogP contribution is 2.25. The topological polar surface area (TPSA) is 78.4 Å². The van der Waals surface area contributed by atoms with Gasteiger partial charge in [0, 0.05) is 0 Å². The van der Waals surface area contributed by atoms with Crippen LogP contribution in [0.5, 0.6) is 0 Å². The zero-order valence-electron chi connectivity index (χ0n) is 13.3. The SMILES string of the molecule is C[C@@H](NC(=O)Cc1ccc(-c2ccccc2)c(CF)c1)C(=O)NO. The van der Waals surface area contributed by atoms with Crippen LogP contribution in [0, 0.1) is 0 Å². The molecule has 0 aliphatic carbocycles. The van der Waals surface area contributed by atoms with Gasteiger partial charge in [-0.1, -0.05) is 48.5 Å². The van der Waals surface area contributed by atoms with Crippen molar-refractivity contribution in [3.63, 3.8) is 0 Å². The Balaban J connectivity index is 2.12. The van der Waals surface area contributed by atoms with Gasteiger partial charge in [-0.15, -0.1) is 0 Å². The second-order valence-corrected chi connectivity index (χ2v) is 5.43. The van der Waals surface area contributed by atoms with E-state index in [1.54, 1.807) is 18.2 Å². The summed E-state index contributed by atoms with van der Waals surface area (Å²) in [6.07, 6.45) is 0.0190. The highest BCUT2D eigenvalue weighted by molar-refractivity contribution is 5.87. The number of hydrogen-bond donors (Lipinski definition) is 3. The third-order valence-electron chi connectivity index (χ3n) is 3.64. The van der Waals surface area contributed by atoms with Gasteiger partial charge in [0.2, 0.25) is 5.91 Å². The number of alkyl halides is 1. The van der Waals surface area contributed by atoms with E-state index in [1.807, 2.05) is 30.3 Å². The maximum Gasteiger partial charge on any atom is 0.265 e. The zero-order chi connectivity index (χ0) is 17.5. The van der Waals surface area contributed by atoms with Crippen molar-refractivity contribution < 1.29 is 19.2 Å². The Morgan fingerprint density at radius 3 is 2.50 bits per heavy atom. The van der Waals surface area contributed by atoms with Crippen molar-refractivity contribution in [3.05, 3.63) is 59.7 Å². The van der Waals surface area contributed by atoms with Crippen LogP contribution >= 0.6 is 0 Å². The lowest BCUT2D eigenvalue weighted by atomic mass is 9.97. The van der Waals surface area contributed by atoms with Crippen molar-refractivity contribution in [1.29, 1.82) is 0 Å². The van der Waals surface area contributed by atoms with Crippen LogP contribution in [0.15, 0.2) is 48.5 Å². The van der Waals surface area contributed by atoms with E-state index in [2.05, 4.69) is 5.32 Å². The summed E-state index contributed by atoms with van der Waals surface area (Å²) in [7, 11) is 0. The minimum atomic E-state index is -0.855. The number of carbonyl (C=O) groups is 2. The lowest BCUT2D eigenvalue weighted by Gasteiger charge is -2.13. The number of carbonyl (C=O) groups excluding carboxylic acids is 2. The average Bonchev–Trinajstić information content (AvgIpc) is 2.61. The number of nitrogens with one attached hydrogen (secondary N) is 2. The molecule has 0 unspecified atom stereocenters. The first kappa shape index (κ1) is 17.6. The first-order chi connectivity index (χ1) is 11.5. The van der Waals surface area contributed by atoms with Gasteiger partial charge in [0.15, 0.2) is 0 Å². The van der Waals surface area contributed by atoms with Gasteiger partial charge in [0.1, 0.15) is 12.7 Å². The molecule has 0 bridgehead atoms. The monoisotopic (exact) mass is 330 g/mol. The minimum absolute atomic E-state index is 0.0190. The molecule has 24 heavy (non-hydrogen) atoms. The summed E-state index contributed by atoms with van der Waals surface area (Å²) < 4.78 is 13.4. The molecule has 0 aromatic heterocycles. The van der Waals surface area contributed by atoms with E-state index in [9.17, 15) is 14.0 Å². The fourth-order valence-corrected chi connectivity index (χ4v) is 2.41. The van der Waals surface area contributed by atoms with E-state index in [-0.39, 0.29) is 12.3 Å². The van der Waals surface area contributed by atoms with Crippen LogP contribution in [0.3, 0.4) is 0 Å². The molecular formula is C18H19FN2O3. The van der Waals surface area contributed by atoms with E-state index in [0.29, 0.717) is 11.1 Å². The average molecular weight is 330 g/mol. The van der Waals surface area contributed by atoms with Crippen molar-refractivity contribution in [2.75, 3.05) is 0 Å². The summed E-state index contributed by atoms with van der Waals surface area (Å²) in [4.78, 5) is 23.1. The predicted octanol–water partition coefficient (Wildman–Crippen LogP) is 2.38. The highest BCUT2D eigenvalue weighted by Gasteiger charge is 2.15. The molecule has 0 radical (unpaired) electrons. The van der Waals surface area contributed by atoms with Gasteiger partial charge in [0.05, 0.1) is 6.42 Å². The molecule has 0 saturated carbocycles. The number of halogens is 1. The largest absolute Gasteiger partial charge is 0.344 e. The van der Waals surface area contributed by atoms with E-state index in [1.165, 1.54) is 12.4 Å². The van der Waals surface area contributed by atoms with Crippen LogP contribution in [0.4, 0.5) is 4.39 Å². The summed E-state index contributed by atoms with van der Waals surface area (Å²) in [5.74, 6) is -1.09. The molecule has 0 aliphatic rings. The molecule has 2 aromatic carbocycles. The first-order valence-electron chi connectivity index (χ1n) is 7.51. The minimum Gasteiger partial charge on any atom is -0.344 e. The Labute approximate surface area is 139 Å². The van der Waals surface area contributed by atoms with Crippen LogP contribution in [0.1, 0.15) is 18.1 Å². The molecule has 3 N–H and O–H groups in total. The third-order valence-corrected chi connectivity index (χ3v) is 3.64. The molecule has 2 rings (SSSR count). The van der Waals surface area contributed by atoms with E-state index >= 15 is 0 Å². The number of amides is 2. The van der Waals surface area contributed by atoms with Crippen molar-refractivity contribution >= 4 is 11.8 Å². The van der Waals surface area contributed by atoms with Gasteiger partial charge in [-0.2, -0.15) is 0 Å². The van der Waals surface area contributed by atoms with Gasteiger partial charge in [-0.25, -0.2) is 9.87 Å². The number of rotatable bonds is 6. The second kappa shape index (κ2) is 8.21. The summed E-state index contributed by atoms with van der Waals surface area (Å²) in [5.41, 5.74) is 4.33. The summed E-state index contributed by atoms with van der Waals surface area (Å²) in [6, 6.07) is 13.8. The quantitative estimate of drug-likeness (QED) is 0.562. The zero-order valence-corrected chi connectivity index (χ0v) is 13.3. The molecule has 6 heteroatoms. The molecule has 0 spiro atoms. The maximum atomic E-state index is 13.4. The molecule has 2 aromatic rings. The normalized spacial score (nSPS) is 11.6. The van der Waals surface area contributed by atoms with E-state index in [4.69, 9.17) is 5.21 Å². The standard InChI is InChI=1S/C18H19FN2O3/c1-12(18(23)21-24)20-17(22)10-13-7-8-16(15(9-13)11-19)14-5-3-2-4-6-14/h2-9,12,24H,10-11H2,1H3,(H,20,22)(H,21,23)/t12-/m1/s1. The second-order valence-electron chi connectivity index (χ2n) is 5.43. The molecule has 0 saturated heterocycles. The van der Waals surface area contributed by atoms with Gasteiger partial charge < -0.3 is 5.32 Å². The van der Waals surface area contributed by atoms with Crippen molar-refractivity contribution in [2.45, 2.75) is 26.1 Å². The highest BCUT2D eigenvalue weighted by atomic mass is 19.1. The Hall–Kier alpha value is -2.73. The Bertz CT molecular complexity index is 719. The molecular weight excluding hydrogens is 311 g/mol. The maximum absolute atomic E-state index is 13.4. The molecule has 2 amide bonds. The van der Waals surface area contributed by atoms with Crippen LogP contribution in [-0.2, 0) is 22.7 Å². The number of hydrogen-bond acceptors (Lipinski definition) is 3. The molecule has 0 heterocycles. The lowest BCUT2D eigenvalue weighted by Crippen LogP contribution is -2.44. The van der Waals surface area contributed by atoms with E-state index in [0.717, 1.165) is 11.1 Å². The third kappa shape index (κ3) is 4.39. The van der Waals surface area contributed by atoms with Crippen LogP contribution in [-0.4, -0.2) is 23.1 Å². The Morgan fingerprint density at radius 2 is 1.88 bits per heavy atom. The summed E-state index contributed by atoms with van der Waals surface area (Å²) in [6.45, 7) is 0.817. The number of benzene rings is 2. The van der Waals surface area contributed by atoms with Gasteiger partial charge >= 0.3 is 0 Å². The lowest BCUT2D eigenvalue weighted by molar-refractivity contribution is -0.134. The molecule has 5 nitrogen and oxygen atoms in total. The predicted molar refractivity (Wildman–Crippen MR) is 87.9 cm³/mol. The summed E-state index contributed by atoms with van der Waals surface area (Å²) in [5, 5.41) is 11.0. The molecule has 0 fully saturated rings. The van der Waals surface area contributed by atoms with Gasteiger partial charge in [-0.05, 0) is 29.2 Å². The van der Waals surface area contributed by atoms with Crippen molar-refractivity contribution in [2.24, 2.45) is 0 Å². The molecule has 1 atom stereocenters. The number of hydroxylamine groups is 1. The van der Waals surface area contributed by atoms with Gasteiger partial charge in [-0.3, -0.25) is 14.8 Å². The molecule has 0 aliphatic heterocycles. The Kier molecular flexibility index (Phi) is 6.03. The van der Waals surface area contributed by atoms with Crippen molar-refractivity contribution in [1.82, 2.24) is 10.8 Å². The van der Waals surface area contributed by atoms with Crippen molar-refractivity contribution in [3.8, 4) is 11.1 Å². The molecule has 126 valence electrons. The smallest absolute Gasteiger partial charge is 0.265 e. The van der Waals surface area contributed by atoms with Crippen LogP contribution in [0.25, 0.3) is 11.1 Å². The summed E-state index contributed by atoms with van der Waals surface area (Å²) >= 11 is 0. The van der Waals surface area contributed by atoms with Crippen LogP contribution in [0.2, 0.25) is 0 Å². The van der Waals surface area contributed by atoms with Gasteiger partial charge in [0.25, 0.3) is 5.91 Å².